The van der Waals surface area contributed by atoms with Gasteiger partial charge in [-0.15, -0.1) is 0 Å². The van der Waals surface area contributed by atoms with Gasteiger partial charge in [0.2, 0.25) is 11.8 Å². The molecule has 4 N–H and O–H groups in total. The summed E-state index contributed by atoms with van der Waals surface area (Å²) in [6.45, 7) is -0.147. The Hall–Kier alpha value is -8.75. The number of carbonyl (C=O) groups is 1. The van der Waals surface area contributed by atoms with E-state index in [4.69, 9.17) is 29.6 Å². The van der Waals surface area contributed by atoms with Crippen LogP contribution >= 0.6 is 0 Å². The van der Waals surface area contributed by atoms with Crippen molar-refractivity contribution in [2.75, 3.05) is 17.6 Å². The van der Waals surface area contributed by atoms with Gasteiger partial charge in [-0.1, -0.05) is 189 Å². The van der Waals surface area contributed by atoms with Gasteiger partial charge in [-0.05, 0) is 58.7 Å². The molecule has 0 aliphatic rings. The summed E-state index contributed by atoms with van der Waals surface area (Å²) in [7, 11) is 0. The van der Waals surface area contributed by atoms with Crippen molar-refractivity contribution in [1.82, 2.24) is 9.97 Å². The molecular weight excluding hydrogens is 805 g/mol. The molecule has 0 aliphatic heterocycles. The number of nitrogens with zero attached hydrogens (tertiary/aromatic N) is 2. The smallest absolute Gasteiger partial charge is 0.322 e. The molecule has 0 saturated heterocycles. The molecule has 8 nitrogen and oxygen atoms in total. The molecule has 0 atom stereocenters. The lowest BCUT2D eigenvalue weighted by atomic mass is 9.99. The first-order valence-electron chi connectivity index (χ1n) is 20.8. The molecule has 2 aromatic heterocycles. The molecule has 10 aromatic rings. The summed E-state index contributed by atoms with van der Waals surface area (Å²) in [6.07, 6.45) is 0. The Labute approximate surface area is 378 Å². The topological polar surface area (TPSA) is 127 Å². The average Bonchev–Trinajstić information content (AvgIpc) is 4.02. The summed E-state index contributed by atoms with van der Waals surface area (Å²) in [5, 5.41) is 11.9. The number of rotatable bonds is 11. The van der Waals surface area contributed by atoms with Crippen LogP contribution in [0.15, 0.2) is 227 Å². The molecule has 10 rings (SSSR count). The number of hydrogen-bond donors (Lipinski definition) is 3. The third-order valence-corrected chi connectivity index (χ3v) is 10.6. The number of aliphatic carboxylic acids is 1. The maximum absolute atomic E-state index is 11.0. The van der Waals surface area contributed by atoms with Crippen LogP contribution in [0.5, 0.6) is 0 Å². The van der Waals surface area contributed by atoms with Crippen molar-refractivity contribution in [2.24, 2.45) is 0 Å². The van der Waals surface area contributed by atoms with Gasteiger partial charge in [0.05, 0.1) is 0 Å². The minimum Gasteiger partial charge on any atom is -0.480 e. The monoisotopic (exact) mass is 850 g/mol. The van der Waals surface area contributed by atoms with Gasteiger partial charge in [-0.3, -0.25) is 4.79 Å². The highest BCUT2D eigenvalue weighted by Gasteiger charge is 2.22. The first-order valence-corrected chi connectivity index (χ1v) is 20.8. The van der Waals surface area contributed by atoms with Crippen LogP contribution in [-0.2, 0) is 4.79 Å². The third kappa shape index (κ3) is 9.83. The van der Waals surface area contributed by atoms with Gasteiger partial charge in [0, 0.05) is 44.8 Å². The lowest BCUT2D eigenvalue weighted by Gasteiger charge is -2.10. The van der Waals surface area contributed by atoms with Crippen LogP contribution in [0.2, 0.25) is 0 Å². The van der Waals surface area contributed by atoms with E-state index in [1.165, 1.54) is 0 Å². The fourth-order valence-corrected chi connectivity index (χ4v) is 7.55. The fourth-order valence-electron chi connectivity index (χ4n) is 7.55. The van der Waals surface area contributed by atoms with Crippen LogP contribution in [0.4, 0.5) is 11.4 Å². The second-order valence-electron chi connectivity index (χ2n) is 14.9. The molecule has 65 heavy (non-hydrogen) atoms. The first-order chi connectivity index (χ1) is 31.5. The molecule has 0 saturated carbocycles. The van der Waals surface area contributed by atoms with Crippen LogP contribution in [0.3, 0.4) is 0 Å². The van der Waals surface area contributed by atoms with E-state index >= 15 is 0 Å². The molecule has 2 heterocycles. The normalized spacial score (nSPS) is 10.6. The summed E-state index contributed by atoms with van der Waals surface area (Å²) in [5.74, 6) is 1.68. The highest BCUT2D eigenvalue weighted by molar-refractivity contribution is 5.87. The number of nitrogen functional groups attached to an aromatic ring is 1. The number of nitrogens with one attached hydrogen (secondary N) is 1. The molecule has 0 fully saturated rings. The Morgan fingerprint density at radius 1 is 0.446 bits per heavy atom. The molecule has 0 unspecified atom stereocenters. The average molecular weight is 851 g/mol. The summed E-state index contributed by atoms with van der Waals surface area (Å²) in [5.41, 5.74) is 18.8. The van der Waals surface area contributed by atoms with Crippen molar-refractivity contribution < 1.29 is 18.7 Å². The Bertz CT molecular complexity index is 3030. The number of benzene rings is 8. The van der Waals surface area contributed by atoms with Crippen molar-refractivity contribution in [3.63, 3.8) is 0 Å². The number of nitrogens with two attached hydrogens (primary N) is 1. The predicted molar refractivity (Wildman–Crippen MR) is 264 cm³/mol. The molecule has 318 valence electrons. The standard InChI is InChI=1S/C29H22N2O3.C27H20N2O.CH4/c32-26(33)19-30-23-15-9-14-22(18-23)24-16-7-8-17-25(24)29-31-27(20-10-3-1-4-11-20)28(34-29)21-12-5-2-6-13-21;28-22-15-9-14-21(18-22)23-16-7-8-17-24(23)27-29-25(19-10-3-1-4-11-19)26(30-27)20-12-5-2-6-13-20;/h1-18,30H,19H2,(H,32,33);1-18H,28H2;1H4. The lowest BCUT2D eigenvalue weighted by Crippen LogP contribution is -2.12. The number of carboxylic acids is 1. The maximum Gasteiger partial charge on any atom is 0.322 e. The van der Waals surface area contributed by atoms with E-state index in [0.29, 0.717) is 17.5 Å². The van der Waals surface area contributed by atoms with Gasteiger partial charge in [0.1, 0.15) is 17.9 Å². The minimum absolute atomic E-state index is 0. The molecule has 0 aliphatic carbocycles. The van der Waals surface area contributed by atoms with Gasteiger partial charge < -0.3 is 25.0 Å². The van der Waals surface area contributed by atoms with E-state index in [1.807, 2.05) is 200 Å². The second-order valence-corrected chi connectivity index (χ2v) is 14.9. The van der Waals surface area contributed by atoms with E-state index in [-0.39, 0.29) is 14.0 Å². The number of aromatic nitrogens is 2. The van der Waals surface area contributed by atoms with Crippen LogP contribution in [0, 0.1) is 0 Å². The molecular formula is C57H46N4O4. The van der Waals surface area contributed by atoms with E-state index in [0.717, 1.165) is 84.2 Å². The van der Waals surface area contributed by atoms with Crippen molar-refractivity contribution in [1.29, 1.82) is 0 Å². The Kier molecular flexibility index (Phi) is 13.2. The van der Waals surface area contributed by atoms with Crippen LogP contribution in [0.1, 0.15) is 7.43 Å². The highest BCUT2D eigenvalue weighted by Crippen LogP contribution is 2.41. The minimum atomic E-state index is -0.910. The van der Waals surface area contributed by atoms with Gasteiger partial charge in [0.25, 0.3) is 0 Å². The lowest BCUT2D eigenvalue weighted by molar-refractivity contribution is -0.134. The number of carboxylic acid groups (broad SMARTS) is 1. The van der Waals surface area contributed by atoms with E-state index in [2.05, 4.69) is 23.5 Å². The molecule has 8 aromatic carbocycles. The van der Waals surface area contributed by atoms with Gasteiger partial charge >= 0.3 is 5.97 Å². The van der Waals surface area contributed by atoms with E-state index < -0.39 is 5.97 Å². The molecule has 8 heteroatoms. The zero-order valence-electron chi connectivity index (χ0n) is 34.6. The second kappa shape index (κ2) is 20.0. The van der Waals surface area contributed by atoms with Gasteiger partial charge in [0.15, 0.2) is 11.5 Å². The largest absolute Gasteiger partial charge is 0.480 e. The number of oxazole rings is 2. The predicted octanol–water partition coefficient (Wildman–Crippen LogP) is 14.4. The first kappa shape index (κ1) is 42.9. The van der Waals surface area contributed by atoms with Crippen molar-refractivity contribution in [2.45, 2.75) is 7.43 Å². The zero-order valence-corrected chi connectivity index (χ0v) is 34.6. The SMILES string of the molecule is C.Nc1cccc(-c2ccccc2-c2nc(-c3ccccc3)c(-c3ccccc3)o2)c1.O=C(O)CNc1cccc(-c2ccccc2-c2nc(-c3ccccc3)c(-c3ccccc3)o2)c1. The quantitative estimate of drug-likeness (QED) is 0.110. The summed E-state index contributed by atoms with van der Waals surface area (Å²) >= 11 is 0. The van der Waals surface area contributed by atoms with Crippen molar-refractivity contribution in [3.8, 4) is 90.3 Å². The Morgan fingerprint density at radius 3 is 1.25 bits per heavy atom. The Balaban J connectivity index is 0.000000176. The summed E-state index contributed by atoms with van der Waals surface area (Å²) in [4.78, 5) is 20.8. The zero-order chi connectivity index (χ0) is 43.7. The molecule has 0 spiro atoms. The summed E-state index contributed by atoms with van der Waals surface area (Å²) in [6, 6.07) is 71.8. The van der Waals surface area contributed by atoms with Crippen LogP contribution < -0.4 is 11.1 Å². The highest BCUT2D eigenvalue weighted by atomic mass is 16.4. The van der Waals surface area contributed by atoms with Gasteiger partial charge in [-0.25, -0.2) is 9.97 Å². The molecule has 0 radical (unpaired) electrons. The van der Waals surface area contributed by atoms with Crippen molar-refractivity contribution >= 4 is 17.3 Å². The summed E-state index contributed by atoms with van der Waals surface area (Å²) < 4.78 is 12.8. The van der Waals surface area contributed by atoms with E-state index in [9.17, 15) is 4.79 Å². The fraction of sp³-hybridized carbons (Fsp3) is 0.0351. The number of anilines is 2. The van der Waals surface area contributed by atoms with Gasteiger partial charge in [-0.2, -0.15) is 0 Å². The third-order valence-electron chi connectivity index (χ3n) is 10.6. The van der Waals surface area contributed by atoms with Crippen LogP contribution in [-0.4, -0.2) is 27.6 Å². The number of hydrogen-bond acceptors (Lipinski definition) is 7. The molecule has 0 bridgehead atoms. The van der Waals surface area contributed by atoms with E-state index in [1.54, 1.807) is 0 Å². The van der Waals surface area contributed by atoms with Crippen LogP contribution in [0.25, 0.3) is 90.3 Å². The maximum atomic E-state index is 11.0. The van der Waals surface area contributed by atoms with Crippen molar-refractivity contribution in [3.05, 3.63) is 218 Å². The Morgan fingerprint density at radius 2 is 0.815 bits per heavy atom. The molecule has 0 amide bonds.